The maximum absolute atomic E-state index is 11.4. The van der Waals surface area contributed by atoms with Crippen molar-refractivity contribution in [2.24, 2.45) is 0 Å². The van der Waals surface area contributed by atoms with Crippen LogP contribution in [0.1, 0.15) is 29.6 Å². The summed E-state index contributed by atoms with van der Waals surface area (Å²) in [6, 6.07) is 0. The van der Waals surface area contributed by atoms with E-state index in [0.29, 0.717) is 25.4 Å². The number of oxazole rings is 1. The van der Waals surface area contributed by atoms with Gasteiger partial charge in [0, 0.05) is 20.1 Å². The SMILES string of the molecule is CCOC(=O)c1ncoc1CCCOC. The molecular weight excluding hydrogens is 198 g/mol. The largest absolute Gasteiger partial charge is 0.461 e. The minimum atomic E-state index is -0.432. The van der Waals surface area contributed by atoms with Gasteiger partial charge in [0.2, 0.25) is 0 Å². The molecule has 0 N–H and O–H groups in total. The summed E-state index contributed by atoms with van der Waals surface area (Å²) in [6.45, 7) is 2.72. The van der Waals surface area contributed by atoms with Crippen LogP contribution in [0.4, 0.5) is 0 Å². The second-order valence-electron chi connectivity index (χ2n) is 2.94. The van der Waals surface area contributed by atoms with Crippen molar-refractivity contribution in [3.05, 3.63) is 17.8 Å². The van der Waals surface area contributed by atoms with Crippen LogP contribution in [0.25, 0.3) is 0 Å². The number of carbonyl (C=O) groups excluding carboxylic acids is 1. The van der Waals surface area contributed by atoms with E-state index < -0.39 is 5.97 Å². The summed E-state index contributed by atoms with van der Waals surface area (Å²) in [5.41, 5.74) is 0.271. The van der Waals surface area contributed by atoms with Crippen LogP contribution in [-0.2, 0) is 15.9 Å². The quantitative estimate of drug-likeness (QED) is 0.528. The molecule has 0 radical (unpaired) electrons. The van der Waals surface area contributed by atoms with Gasteiger partial charge in [-0.15, -0.1) is 0 Å². The maximum Gasteiger partial charge on any atom is 0.360 e. The summed E-state index contributed by atoms with van der Waals surface area (Å²) in [4.78, 5) is 15.2. The molecule has 0 aliphatic carbocycles. The van der Waals surface area contributed by atoms with Crippen LogP contribution in [0.5, 0.6) is 0 Å². The van der Waals surface area contributed by atoms with Gasteiger partial charge in [0.1, 0.15) is 5.76 Å². The van der Waals surface area contributed by atoms with E-state index in [1.54, 1.807) is 14.0 Å². The van der Waals surface area contributed by atoms with Gasteiger partial charge < -0.3 is 13.9 Å². The Kier molecular flexibility index (Phi) is 4.83. The first-order chi connectivity index (χ1) is 7.29. The third-order valence-corrected chi connectivity index (χ3v) is 1.86. The van der Waals surface area contributed by atoms with Crippen LogP contribution in [0.15, 0.2) is 10.8 Å². The standard InChI is InChI=1S/C10H15NO4/c1-3-14-10(12)9-8(15-7-11-9)5-4-6-13-2/h7H,3-6H2,1-2H3. The van der Waals surface area contributed by atoms with E-state index in [-0.39, 0.29) is 5.69 Å². The Hall–Kier alpha value is -1.36. The molecule has 0 fully saturated rings. The molecule has 0 aliphatic rings. The van der Waals surface area contributed by atoms with Crippen LogP contribution in [0.2, 0.25) is 0 Å². The Balaban J connectivity index is 2.56. The van der Waals surface area contributed by atoms with E-state index in [9.17, 15) is 4.79 Å². The molecule has 1 heterocycles. The Morgan fingerprint density at radius 2 is 2.40 bits per heavy atom. The third kappa shape index (κ3) is 3.36. The smallest absolute Gasteiger partial charge is 0.360 e. The fraction of sp³-hybridized carbons (Fsp3) is 0.600. The van der Waals surface area contributed by atoms with E-state index in [1.165, 1.54) is 6.39 Å². The first kappa shape index (κ1) is 11.7. The van der Waals surface area contributed by atoms with Crippen LogP contribution < -0.4 is 0 Å². The Morgan fingerprint density at radius 1 is 1.60 bits per heavy atom. The number of hydrogen-bond donors (Lipinski definition) is 0. The molecule has 0 aliphatic heterocycles. The number of hydrogen-bond acceptors (Lipinski definition) is 5. The summed E-state index contributed by atoms with van der Waals surface area (Å²) >= 11 is 0. The normalized spacial score (nSPS) is 10.3. The molecule has 15 heavy (non-hydrogen) atoms. The Morgan fingerprint density at radius 3 is 3.07 bits per heavy atom. The van der Waals surface area contributed by atoms with Gasteiger partial charge in [-0.05, 0) is 13.3 Å². The zero-order chi connectivity index (χ0) is 11.1. The molecule has 0 bridgehead atoms. The van der Waals surface area contributed by atoms with Gasteiger partial charge in [-0.3, -0.25) is 0 Å². The van der Waals surface area contributed by atoms with Gasteiger partial charge in [0.15, 0.2) is 12.1 Å². The van der Waals surface area contributed by atoms with E-state index in [0.717, 1.165) is 6.42 Å². The minimum absolute atomic E-state index is 0.271. The molecule has 0 unspecified atom stereocenters. The lowest BCUT2D eigenvalue weighted by Gasteiger charge is -2.00. The molecule has 0 spiro atoms. The summed E-state index contributed by atoms with van der Waals surface area (Å²) in [5.74, 6) is 0.129. The minimum Gasteiger partial charge on any atom is -0.461 e. The molecule has 1 aromatic heterocycles. The molecule has 0 saturated carbocycles. The highest BCUT2D eigenvalue weighted by Gasteiger charge is 2.16. The number of aromatic nitrogens is 1. The number of rotatable bonds is 6. The van der Waals surface area contributed by atoms with Crippen LogP contribution in [0.3, 0.4) is 0 Å². The second-order valence-corrected chi connectivity index (χ2v) is 2.94. The fourth-order valence-electron chi connectivity index (χ4n) is 1.19. The van der Waals surface area contributed by atoms with Crippen LogP contribution >= 0.6 is 0 Å². The molecular formula is C10H15NO4. The van der Waals surface area contributed by atoms with Crippen molar-refractivity contribution in [3.8, 4) is 0 Å². The molecule has 0 saturated heterocycles. The number of methoxy groups -OCH3 is 1. The summed E-state index contributed by atoms with van der Waals surface area (Å²) < 4.78 is 14.9. The number of ether oxygens (including phenoxy) is 2. The monoisotopic (exact) mass is 213 g/mol. The topological polar surface area (TPSA) is 61.6 Å². The molecule has 0 atom stereocenters. The van der Waals surface area contributed by atoms with Crippen molar-refractivity contribution in [3.63, 3.8) is 0 Å². The van der Waals surface area contributed by atoms with Gasteiger partial charge in [-0.2, -0.15) is 0 Å². The predicted molar refractivity (Wildman–Crippen MR) is 52.7 cm³/mol. The van der Waals surface area contributed by atoms with E-state index >= 15 is 0 Å². The highest BCUT2D eigenvalue weighted by molar-refractivity contribution is 5.88. The number of carbonyl (C=O) groups is 1. The van der Waals surface area contributed by atoms with Gasteiger partial charge in [-0.25, -0.2) is 9.78 Å². The van der Waals surface area contributed by atoms with Crippen molar-refractivity contribution in [1.29, 1.82) is 0 Å². The van der Waals surface area contributed by atoms with Crippen LogP contribution in [0, 0.1) is 0 Å². The lowest BCUT2D eigenvalue weighted by Crippen LogP contribution is -2.08. The highest BCUT2D eigenvalue weighted by Crippen LogP contribution is 2.10. The van der Waals surface area contributed by atoms with Crippen molar-refractivity contribution in [2.75, 3.05) is 20.3 Å². The van der Waals surface area contributed by atoms with Gasteiger partial charge in [0.25, 0.3) is 0 Å². The van der Waals surface area contributed by atoms with Crippen molar-refractivity contribution >= 4 is 5.97 Å². The molecule has 1 aromatic rings. The van der Waals surface area contributed by atoms with E-state index in [1.807, 2.05) is 0 Å². The van der Waals surface area contributed by atoms with E-state index in [2.05, 4.69) is 4.98 Å². The van der Waals surface area contributed by atoms with Gasteiger partial charge in [0.05, 0.1) is 6.61 Å². The summed E-state index contributed by atoms with van der Waals surface area (Å²) in [7, 11) is 1.63. The maximum atomic E-state index is 11.4. The lowest BCUT2D eigenvalue weighted by molar-refractivity contribution is 0.0517. The number of nitrogens with zero attached hydrogens (tertiary/aromatic N) is 1. The van der Waals surface area contributed by atoms with Crippen molar-refractivity contribution in [2.45, 2.75) is 19.8 Å². The zero-order valence-corrected chi connectivity index (χ0v) is 8.99. The molecule has 1 rings (SSSR count). The number of aryl methyl sites for hydroxylation is 1. The van der Waals surface area contributed by atoms with Crippen molar-refractivity contribution in [1.82, 2.24) is 4.98 Å². The predicted octanol–water partition coefficient (Wildman–Crippen LogP) is 1.43. The third-order valence-electron chi connectivity index (χ3n) is 1.86. The zero-order valence-electron chi connectivity index (χ0n) is 8.99. The van der Waals surface area contributed by atoms with Crippen LogP contribution in [-0.4, -0.2) is 31.3 Å². The molecule has 5 heteroatoms. The second kappa shape index (κ2) is 6.19. The molecule has 0 amide bonds. The molecule has 5 nitrogen and oxygen atoms in total. The van der Waals surface area contributed by atoms with E-state index in [4.69, 9.17) is 13.9 Å². The highest BCUT2D eigenvalue weighted by atomic mass is 16.5. The summed E-state index contributed by atoms with van der Waals surface area (Å²) in [6.07, 6.45) is 2.68. The summed E-state index contributed by atoms with van der Waals surface area (Å²) in [5, 5.41) is 0. The first-order valence-electron chi connectivity index (χ1n) is 4.88. The number of esters is 1. The average molecular weight is 213 g/mol. The molecule has 0 aromatic carbocycles. The van der Waals surface area contributed by atoms with Gasteiger partial charge in [-0.1, -0.05) is 0 Å². The average Bonchev–Trinajstić information content (AvgIpc) is 2.67. The Bertz CT molecular complexity index is 308. The molecule has 84 valence electrons. The lowest BCUT2D eigenvalue weighted by atomic mass is 10.2. The first-order valence-corrected chi connectivity index (χ1v) is 4.88. The van der Waals surface area contributed by atoms with Gasteiger partial charge >= 0.3 is 5.97 Å². The Labute approximate surface area is 88.4 Å². The van der Waals surface area contributed by atoms with Crippen molar-refractivity contribution < 1.29 is 18.7 Å². The fourth-order valence-corrected chi connectivity index (χ4v) is 1.19.